The van der Waals surface area contributed by atoms with Crippen LogP contribution in [0.3, 0.4) is 0 Å². The maximum atomic E-state index is 13.1. The van der Waals surface area contributed by atoms with Gasteiger partial charge in [0, 0.05) is 38.3 Å². The number of carbonyl (C=O) groups excluding carboxylic acids is 1. The van der Waals surface area contributed by atoms with E-state index < -0.39 is 0 Å². The van der Waals surface area contributed by atoms with Crippen LogP contribution in [-0.2, 0) is 13.2 Å². The average molecular weight is 439 g/mol. The quantitative estimate of drug-likeness (QED) is 0.542. The van der Waals surface area contributed by atoms with Crippen LogP contribution in [0.25, 0.3) is 0 Å². The Bertz CT molecular complexity index is 1030. The first-order chi connectivity index (χ1) is 15.1. The van der Waals surface area contributed by atoms with Crippen molar-refractivity contribution in [2.24, 2.45) is 0 Å². The minimum Gasteiger partial charge on any atom is -0.487 e. The molecule has 0 N–H and O–H groups in total. The molecule has 160 valence electrons. The Morgan fingerprint density at radius 1 is 0.903 bits per heavy atom. The molecule has 0 spiro atoms. The lowest BCUT2D eigenvalue weighted by atomic mass is 10.1. The highest BCUT2D eigenvalue weighted by Gasteiger charge is 2.22. The van der Waals surface area contributed by atoms with Gasteiger partial charge in [0.05, 0.1) is 5.02 Å². The number of piperazine rings is 1. The Morgan fingerprint density at radius 3 is 2.39 bits per heavy atom. The summed E-state index contributed by atoms with van der Waals surface area (Å²) < 4.78 is 18.9. The number of benzene rings is 3. The van der Waals surface area contributed by atoms with Gasteiger partial charge in [-0.05, 0) is 47.5 Å². The third-order valence-corrected chi connectivity index (χ3v) is 5.70. The van der Waals surface area contributed by atoms with Gasteiger partial charge in [0.25, 0.3) is 5.91 Å². The van der Waals surface area contributed by atoms with Gasteiger partial charge >= 0.3 is 0 Å². The van der Waals surface area contributed by atoms with E-state index in [-0.39, 0.29) is 11.7 Å². The van der Waals surface area contributed by atoms with E-state index >= 15 is 0 Å². The van der Waals surface area contributed by atoms with Gasteiger partial charge in [-0.15, -0.1) is 0 Å². The van der Waals surface area contributed by atoms with Crippen molar-refractivity contribution in [3.05, 3.63) is 100 Å². The largest absolute Gasteiger partial charge is 0.487 e. The molecule has 1 aliphatic heterocycles. The highest BCUT2D eigenvalue weighted by Crippen LogP contribution is 2.24. The summed E-state index contributed by atoms with van der Waals surface area (Å²) in [6.07, 6.45) is 0. The Labute approximate surface area is 186 Å². The Balaban J connectivity index is 1.32. The number of hydrogen-bond acceptors (Lipinski definition) is 3. The molecule has 31 heavy (non-hydrogen) atoms. The number of carbonyl (C=O) groups is 1. The molecule has 0 bridgehead atoms. The molecule has 0 radical (unpaired) electrons. The second-order valence-corrected chi connectivity index (χ2v) is 8.02. The summed E-state index contributed by atoms with van der Waals surface area (Å²) in [4.78, 5) is 17.2. The van der Waals surface area contributed by atoms with Crippen LogP contribution in [0, 0.1) is 5.82 Å². The van der Waals surface area contributed by atoms with Gasteiger partial charge in [0.1, 0.15) is 18.2 Å². The fourth-order valence-corrected chi connectivity index (χ4v) is 3.85. The van der Waals surface area contributed by atoms with Crippen LogP contribution >= 0.6 is 11.6 Å². The standard InChI is InChI=1S/C25H24ClFN2O2/c26-23-6-1-2-7-24(23)31-18-20-4-3-5-21(16-20)25(30)29-14-12-28(13-15-29)17-19-8-10-22(27)11-9-19/h1-11,16H,12-15,17-18H2. The lowest BCUT2D eigenvalue weighted by Gasteiger charge is -2.34. The number of hydrogen-bond donors (Lipinski definition) is 0. The van der Waals surface area contributed by atoms with Crippen LogP contribution in [0.4, 0.5) is 4.39 Å². The van der Waals surface area contributed by atoms with E-state index in [9.17, 15) is 9.18 Å². The van der Waals surface area contributed by atoms with Crippen molar-refractivity contribution >= 4 is 17.5 Å². The lowest BCUT2D eigenvalue weighted by molar-refractivity contribution is 0.0628. The molecule has 0 aliphatic carbocycles. The zero-order valence-electron chi connectivity index (χ0n) is 17.1. The smallest absolute Gasteiger partial charge is 0.253 e. The molecule has 3 aromatic rings. The van der Waals surface area contributed by atoms with Crippen molar-refractivity contribution in [2.75, 3.05) is 26.2 Å². The number of ether oxygens (including phenoxy) is 1. The van der Waals surface area contributed by atoms with E-state index in [1.54, 1.807) is 6.07 Å². The molecule has 1 amide bonds. The van der Waals surface area contributed by atoms with Gasteiger partial charge in [-0.2, -0.15) is 0 Å². The fraction of sp³-hybridized carbons (Fsp3) is 0.240. The van der Waals surface area contributed by atoms with Gasteiger partial charge < -0.3 is 9.64 Å². The molecular formula is C25H24ClFN2O2. The summed E-state index contributed by atoms with van der Waals surface area (Å²) in [5.41, 5.74) is 2.65. The van der Waals surface area contributed by atoms with Gasteiger partial charge in [0.2, 0.25) is 0 Å². The van der Waals surface area contributed by atoms with Crippen molar-refractivity contribution in [3.63, 3.8) is 0 Å². The summed E-state index contributed by atoms with van der Waals surface area (Å²) >= 11 is 6.14. The van der Waals surface area contributed by atoms with Crippen molar-refractivity contribution in [2.45, 2.75) is 13.2 Å². The molecular weight excluding hydrogens is 415 g/mol. The number of halogens is 2. The zero-order valence-corrected chi connectivity index (χ0v) is 17.9. The predicted molar refractivity (Wildman–Crippen MR) is 120 cm³/mol. The van der Waals surface area contributed by atoms with E-state index in [0.29, 0.717) is 36.0 Å². The van der Waals surface area contributed by atoms with E-state index in [4.69, 9.17) is 16.3 Å². The maximum Gasteiger partial charge on any atom is 0.253 e. The monoisotopic (exact) mass is 438 g/mol. The van der Waals surface area contributed by atoms with E-state index in [0.717, 1.165) is 30.8 Å². The molecule has 0 aromatic heterocycles. The van der Waals surface area contributed by atoms with E-state index in [1.807, 2.05) is 59.5 Å². The van der Waals surface area contributed by atoms with Crippen LogP contribution in [-0.4, -0.2) is 41.9 Å². The molecule has 0 saturated carbocycles. The molecule has 1 fully saturated rings. The zero-order chi connectivity index (χ0) is 21.6. The third kappa shape index (κ3) is 5.63. The molecule has 1 saturated heterocycles. The van der Waals surface area contributed by atoms with Crippen molar-refractivity contribution < 1.29 is 13.9 Å². The molecule has 4 rings (SSSR count). The van der Waals surface area contributed by atoms with Crippen molar-refractivity contribution in [3.8, 4) is 5.75 Å². The second kappa shape index (κ2) is 9.94. The molecule has 6 heteroatoms. The third-order valence-electron chi connectivity index (χ3n) is 5.38. The highest BCUT2D eigenvalue weighted by atomic mass is 35.5. The van der Waals surface area contributed by atoms with Gasteiger partial charge in [0.15, 0.2) is 0 Å². The van der Waals surface area contributed by atoms with Gasteiger partial charge in [-0.3, -0.25) is 9.69 Å². The SMILES string of the molecule is O=C(c1cccc(COc2ccccc2Cl)c1)N1CCN(Cc2ccc(F)cc2)CC1. The molecule has 3 aromatic carbocycles. The van der Waals surface area contributed by atoms with Gasteiger partial charge in [-0.25, -0.2) is 4.39 Å². The average Bonchev–Trinajstić information content (AvgIpc) is 2.80. The van der Waals surface area contributed by atoms with Crippen molar-refractivity contribution in [1.82, 2.24) is 9.80 Å². The number of nitrogens with zero attached hydrogens (tertiary/aromatic N) is 2. The van der Waals surface area contributed by atoms with Crippen LogP contribution in [0.1, 0.15) is 21.5 Å². The first kappa shape index (κ1) is 21.3. The van der Waals surface area contributed by atoms with Crippen LogP contribution in [0.5, 0.6) is 5.75 Å². The number of rotatable bonds is 6. The van der Waals surface area contributed by atoms with Crippen molar-refractivity contribution in [1.29, 1.82) is 0 Å². The highest BCUT2D eigenvalue weighted by molar-refractivity contribution is 6.32. The fourth-order valence-electron chi connectivity index (χ4n) is 3.66. The first-order valence-corrected chi connectivity index (χ1v) is 10.7. The molecule has 1 aliphatic rings. The van der Waals surface area contributed by atoms with E-state index in [1.165, 1.54) is 12.1 Å². The summed E-state index contributed by atoms with van der Waals surface area (Å²) in [6.45, 7) is 4.02. The summed E-state index contributed by atoms with van der Waals surface area (Å²) in [7, 11) is 0. The molecule has 0 unspecified atom stereocenters. The predicted octanol–water partition coefficient (Wildman–Crippen LogP) is 5.02. The Kier molecular flexibility index (Phi) is 6.85. The summed E-state index contributed by atoms with van der Waals surface area (Å²) in [6, 6.07) is 21.5. The Hall–Kier alpha value is -2.89. The lowest BCUT2D eigenvalue weighted by Crippen LogP contribution is -2.48. The van der Waals surface area contributed by atoms with Crippen LogP contribution < -0.4 is 4.74 Å². The molecule has 4 nitrogen and oxygen atoms in total. The minimum absolute atomic E-state index is 0.0287. The second-order valence-electron chi connectivity index (χ2n) is 7.61. The normalized spacial score (nSPS) is 14.5. The summed E-state index contributed by atoms with van der Waals surface area (Å²) in [5, 5.41) is 0.563. The van der Waals surface area contributed by atoms with Crippen LogP contribution in [0.2, 0.25) is 5.02 Å². The topological polar surface area (TPSA) is 32.8 Å². The van der Waals surface area contributed by atoms with Gasteiger partial charge in [-0.1, -0.05) is 48.0 Å². The minimum atomic E-state index is -0.223. The molecule has 1 heterocycles. The number of para-hydroxylation sites is 1. The first-order valence-electron chi connectivity index (χ1n) is 10.3. The van der Waals surface area contributed by atoms with Crippen LogP contribution in [0.15, 0.2) is 72.8 Å². The summed E-state index contributed by atoms with van der Waals surface area (Å²) in [5.74, 6) is 0.429. The Morgan fingerprint density at radius 2 is 1.65 bits per heavy atom. The maximum absolute atomic E-state index is 13.1. The molecule has 0 atom stereocenters. The number of amides is 1. The van der Waals surface area contributed by atoms with E-state index in [2.05, 4.69) is 4.90 Å².